The van der Waals surface area contributed by atoms with Crippen molar-refractivity contribution in [2.24, 2.45) is 0 Å². The lowest BCUT2D eigenvalue weighted by Gasteiger charge is -2.35. The number of ether oxygens (including phenoxy) is 2. The molecule has 1 aliphatic heterocycles. The number of alkyl halides is 1. The minimum Gasteiger partial charge on any atom is -0.465 e. The Balaban J connectivity index is 2.39. The molecule has 1 rings (SSSR count). The molecule has 116 valence electrons. The Morgan fingerprint density at radius 3 is 2.40 bits per heavy atom. The van der Waals surface area contributed by atoms with Gasteiger partial charge in [0.25, 0.3) is 0 Å². The molecule has 1 saturated heterocycles. The first-order valence-electron chi connectivity index (χ1n) is 6.69. The Labute approximate surface area is 124 Å². The lowest BCUT2D eigenvalue weighted by Crippen LogP contribution is -2.43. The van der Waals surface area contributed by atoms with Crippen molar-refractivity contribution in [3.63, 3.8) is 0 Å². The number of esters is 1. The zero-order valence-electron chi connectivity index (χ0n) is 12.1. The molecule has 1 aliphatic rings. The lowest BCUT2D eigenvalue weighted by molar-refractivity contribution is -0.156. The van der Waals surface area contributed by atoms with Crippen LogP contribution in [0.25, 0.3) is 0 Å². The highest BCUT2D eigenvalue weighted by Crippen LogP contribution is 2.24. The monoisotopic (exact) mass is 307 g/mol. The maximum atomic E-state index is 11.6. The molecule has 0 bridgehead atoms. The number of rotatable bonds is 5. The molecule has 0 spiro atoms. The molecule has 0 saturated carbocycles. The third kappa shape index (κ3) is 5.96. The van der Waals surface area contributed by atoms with E-state index < -0.39 is 23.2 Å². The van der Waals surface area contributed by atoms with Gasteiger partial charge in [0, 0.05) is 13.1 Å². The number of amides is 1. The number of carboxylic acid groups (broad SMARTS) is 1. The zero-order valence-corrected chi connectivity index (χ0v) is 12.9. The summed E-state index contributed by atoms with van der Waals surface area (Å²) in [5.74, 6) is -0.402. The first-order valence-corrected chi connectivity index (χ1v) is 7.12. The van der Waals surface area contributed by atoms with Gasteiger partial charge in [-0.1, -0.05) is 11.6 Å². The molecule has 0 aliphatic carbocycles. The van der Waals surface area contributed by atoms with Crippen molar-refractivity contribution in [3.8, 4) is 0 Å². The van der Waals surface area contributed by atoms with Crippen LogP contribution in [0.2, 0.25) is 0 Å². The molecular weight excluding hydrogens is 286 g/mol. The molecule has 0 aromatic carbocycles. The van der Waals surface area contributed by atoms with Crippen LogP contribution < -0.4 is 0 Å². The molecule has 0 aromatic heterocycles. The van der Waals surface area contributed by atoms with Gasteiger partial charge in [-0.05, 0) is 33.6 Å². The summed E-state index contributed by atoms with van der Waals surface area (Å²) in [6.45, 7) is 6.13. The number of carbonyl (C=O) groups is 2. The highest BCUT2D eigenvalue weighted by atomic mass is 35.5. The maximum Gasteiger partial charge on any atom is 0.407 e. The van der Waals surface area contributed by atoms with Gasteiger partial charge in [-0.2, -0.15) is 0 Å². The minimum atomic E-state index is -0.901. The first-order chi connectivity index (χ1) is 9.19. The Morgan fingerprint density at radius 1 is 1.40 bits per heavy atom. The number of hydrogen-bond donors (Lipinski definition) is 1. The average Bonchev–Trinajstić information content (AvgIpc) is 2.26. The van der Waals surface area contributed by atoms with E-state index in [2.05, 4.69) is 0 Å². The molecular formula is C13H22ClNO5. The van der Waals surface area contributed by atoms with Crippen molar-refractivity contribution in [2.75, 3.05) is 13.1 Å². The molecule has 0 radical (unpaired) electrons. The van der Waals surface area contributed by atoms with Crippen LogP contribution >= 0.6 is 11.6 Å². The quantitative estimate of drug-likeness (QED) is 0.623. The van der Waals surface area contributed by atoms with E-state index in [1.807, 2.05) is 13.8 Å². The number of carbonyl (C=O) groups excluding carboxylic acids is 1. The van der Waals surface area contributed by atoms with Gasteiger partial charge in [0.05, 0.1) is 18.1 Å². The van der Waals surface area contributed by atoms with Gasteiger partial charge < -0.3 is 19.5 Å². The van der Waals surface area contributed by atoms with Gasteiger partial charge in [-0.25, -0.2) is 4.79 Å². The van der Waals surface area contributed by atoms with E-state index >= 15 is 0 Å². The summed E-state index contributed by atoms with van der Waals surface area (Å²) in [5, 5.41) is 8.87. The second-order valence-corrected chi connectivity index (χ2v) is 6.17. The molecule has 1 N–H and O–H groups in total. The topological polar surface area (TPSA) is 76.1 Å². The summed E-state index contributed by atoms with van der Waals surface area (Å²) in [7, 11) is 0. The van der Waals surface area contributed by atoms with Crippen LogP contribution in [-0.4, -0.2) is 52.4 Å². The van der Waals surface area contributed by atoms with E-state index in [4.69, 9.17) is 26.2 Å². The Hall–Kier alpha value is -1.01. The van der Waals surface area contributed by atoms with E-state index in [-0.39, 0.29) is 12.5 Å². The number of piperidine rings is 1. The Bertz CT molecular complexity index is 351. The molecule has 1 amide bonds. The summed E-state index contributed by atoms with van der Waals surface area (Å²) in [5.41, 5.74) is -1.31. The van der Waals surface area contributed by atoms with Crippen LogP contribution in [0, 0.1) is 0 Å². The first kappa shape index (κ1) is 17.0. The van der Waals surface area contributed by atoms with Crippen molar-refractivity contribution in [1.29, 1.82) is 0 Å². The highest BCUT2D eigenvalue weighted by Gasteiger charge is 2.31. The second-order valence-electron chi connectivity index (χ2n) is 5.56. The fourth-order valence-electron chi connectivity index (χ4n) is 2.23. The molecule has 7 heteroatoms. The number of hydrogen-bond acceptors (Lipinski definition) is 4. The Morgan fingerprint density at radius 2 is 1.95 bits per heavy atom. The summed E-state index contributed by atoms with van der Waals surface area (Å²) in [6.07, 6.45) is 0.445. The van der Waals surface area contributed by atoms with E-state index in [1.54, 1.807) is 6.92 Å². The minimum absolute atomic E-state index is 0.0400. The predicted octanol–water partition coefficient (Wildman–Crippen LogP) is 2.44. The summed E-state index contributed by atoms with van der Waals surface area (Å²) in [6, 6.07) is 0. The third-order valence-corrected chi connectivity index (χ3v) is 3.15. The van der Waals surface area contributed by atoms with Crippen molar-refractivity contribution in [1.82, 2.24) is 4.90 Å². The van der Waals surface area contributed by atoms with Crippen LogP contribution in [0.5, 0.6) is 0 Å². The third-order valence-electron chi connectivity index (χ3n) is 3.06. The molecule has 1 heterocycles. The van der Waals surface area contributed by atoms with Gasteiger partial charge in [-0.3, -0.25) is 4.79 Å². The predicted molar refractivity (Wildman–Crippen MR) is 73.8 cm³/mol. The highest BCUT2D eigenvalue weighted by molar-refractivity contribution is 6.19. The van der Waals surface area contributed by atoms with Gasteiger partial charge in [0.15, 0.2) is 5.56 Å². The van der Waals surface area contributed by atoms with E-state index in [0.29, 0.717) is 25.9 Å². The number of nitrogens with zero attached hydrogens (tertiary/aromatic N) is 1. The van der Waals surface area contributed by atoms with Crippen molar-refractivity contribution < 1.29 is 24.2 Å². The van der Waals surface area contributed by atoms with Crippen LogP contribution in [0.3, 0.4) is 0 Å². The maximum absolute atomic E-state index is 11.6. The van der Waals surface area contributed by atoms with Gasteiger partial charge in [0.2, 0.25) is 0 Å². The summed E-state index contributed by atoms with van der Waals surface area (Å²) >= 11 is 5.59. The van der Waals surface area contributed by atoms with E-state index in [1.165, 1.54) is 4.90 Å². The van der Waals surface area contributed by atoms with Gasteiger partial charge in [-0.15, -0.1) is 0 Å². The standard InChI is InChI=1S/C13H22ClNO5/c1-9(14)19-11(16)8-13(2,3)20-10-4-6-15(7-5-10)12(17)18/h9-10H,4-8H2,1-3H3,(H,17,18). The van der Waals surface area contributed by atoms with Crippen LogP contribution in [-0.2, 0) is 14.3 Å². The smallest absolute Gasteiger partial charge is 0.407 e. The van der Waals surface area contributed by atoms with Crippen molar-refractivity contribution in [2.45, 2.75) is 57.3 Å². The van der Waals surface area contributed by atoms with E-state index in [9.17, 15) is 9.59 Å². The van der Waals surface area contributed by atoms with Gasteiger partial charge >= 0.3 is 12.1 Å². The lowest BCUT2D eigenvalue weighted by atomic mass is 10.0. The molecule has 1 unspecified atom stereocenters. The van der Waals surface area contributed by atoms with Crippen LogP contribution in [0.4, 0.5) is 4.79 Å². The average molecular weight is 308 g/mol. The summed E-state index contributed by atoms with van der Waals surface area (Å²) in [4.78, 5) is 23.8. The van der Waals surface area contributed by atoms with Gasteiger partial charge in [0.1, 0.15) is 0 Å². The fourth-order valence-corrected chi connectivity index (χ4v) is 2.33. The summed E-state index contributed by atoms with van der Waals surface area (Å²) < 4.78 is 10.8. The molecule has 0 aromatic rings. The largest absolute Gasteiger partial charge is 0.465 e. The molecule has 1 atom stereocenters. The van der Waals surface area contributed by atoms with Crippen molar-refractivity contribution >= 4 is 23.7 Å². The number of halogens is 1. The number of likely N-dealkylation sites (tertiary alicyclic amines) is 1. The molecule has 1 fully saturated rings. The Kier molecular flexibility index (Phi) is 6.07. The van der Waals surface area contributed by atoms with E-state index in [0.717, 1.165) is 0 Å². The SMILES string of the molecule is CC(Cl)OC(=O)CC(C)(C)OC1CCN(C(=O)O)CC1. The second kappa shape index (κ2) is 7.13. The van der Waals surface area contributed by atoms with Crippen LogP contribution in [0.1, 0.15) is 40.0 Å². The normalized spacial score (nSPS) is 18.7. The van der Waals surface area contributed by atoms with Crippen LogP contribution in [0.15, 0.2) is 0 Å². The molecule has 20 heavy (non-hydrogen) atoms. The van der Waals surface area contributed by atoms with Crippen molar-refractivity contribution in [3.05, 3.63) is 0 Å². The fraction of sp³-hybridized carbons (Fsp3) is 0.846. The molecule has 6 nitrogen and oxygen atoms in total. The zero-order chi connectivity index (χ0) is 15.3.